The normalized spacial score (nSPS) is 10.3. The lowest BCUT2D eigenvalue weighted by molar-refractivity contribution is 0.797. The standard InChI is InChI=1S/C14H18N4/c1-15-9-12-10-16-8-6-14(12)18(2)11-13-5-3-4-7-17-13/h3-8,10,15H,9,11H2,1-2H3. The van der Waals surface area contributed by atoms with Gasteiger partial charge in [-0.05, 0) is 25.2 Å². The van der Waals surface area contributed by atoms with Crippen LogP contribution in [0.3, 0.4) is 0 Å². The predicted molar refractivity (Wildman–Crippen MR) is 73.3 cm³/mol. The average molecular weight is 242 g/mol. The topological polar surface area (TPSA) is 41.1 Å². The van der Waals surface area contributed by atoms with Crippen LogP contribution in [0.4, 0.5) is 5.69 Å². The van der Waals surface area contributed by atoms with E-state index < -0.39 is 0 Å². The molecule has 0 aliphatic carbocycles. The van der Waals surface area contributed by atoms with Gasteiger partial charge in [-0.2, -0.15) is 0 Å². The number of aromatic nitrogens is 2. The third kappa shape index (κ3) is 3.05. The fourth-order valence-electron chi connectivity index (χ4n) is 1.94. The van der Waals surface area contributed by atoms with E-state index in [4.69, 9.17) is 0 Å². The number of hydrogen-bond donors (Lipinski definition) is 1. The van der Waals surface area contributed by atoms with E-state index in [9.17, 15) is 0 Å². The van der Waals surface area contributed by atoms with Crippen LogP contribution in [0.5, 0.6) is 0 Å². The van der Waals surface area contributed by atoms with Crippen LogP contribution in [0.2, 0.25) is 0 Å². The lowest BCUT2D eigenvalue weighted by Gasteiger charge is -2.21. The summed E-state index contributed by atoms with van der Waals surface area (Å²) in [5, 5.41) is 3.16. The highest BCUT2D eigenvalue weighted by atomic mass is 15.1. The van der Waals surface area contributed by atoms with Gasteiger partial charge in [0.1, 0.15) is 0 Å². The fraction of sp³-hybridized carbons (Fsp3) is 0.286. The van der Waals surface area contributed by atoms with Gasteiger partial charge in [-0.3, -0.25) is 9.97 Å². The molecule has 0 amide bonds. The number of anilines is 1. The van der Waals surface area contributed by atoms with E-state index in [2.05, 4.69) is 27.2 Å². The molecule has 1 N–H and O–H groups in total. The second kappa shape index (κ2) is 6.12. The molecule has 0 aliphatic rings. The smallest absolute Gasteiger partial charge is 0.0598 e. The first-order chi connectivity index (χ1) is 8.81. The molecule has 0 bridgehead atoms. The second-order valence-electron chi connectivity index (χ2n) is 4.21. The molecule has 0 aliphatic heterocycles. The van der Waals surface area contributed by atoms with E-state index >= 15 is 0 Å². The van der Waals surface area contributed by atoms with E-state index in [1.807, 2.05) is 49.9 Å². The van der Waals surface area contributed by atoms with Crippen LogP contribution in [0.1, 0.15) is 11.3 Å². The molecule has 4 nitrogen and oxygen atoms in total. The maximum absolute atomic E-state index is 4.35. The van der Waals surface area contributed by atoms with Gasteiger partial charge >= 0.3 is 0 Å². The number of nitrogens with zero attached hydrogens (tertiary/aromatic N) is 3. The van der Waals surface area contributed by atoms with Gasteiger partial charge in [-0.25, -0.2) is 0 Å². The highest BCUT2D eigenvalue weighted by Gasteiger charge is 2.07. The zero-order valence-electron chi connectivity index (χ0n) is 10.8. The highest BCUT2D eigenvalue weighted by molar-refractivity contribution is 5.51. The van der Waals surface area contributed by atoms with Crippen LogP contribution in [-0.4, -0.2) is 24.1 Å². The van der Waals surface area contributed by atoms with Crippen molar-refractivity contribution in [3.63, 3.8) is 0 Å². The van der Waals surface area contributed by atoms with Gasteiger partial charge in [0.2, 0.25) is 0 Å². The van der Waals surface area contributed by atoms with Crippen molar-refractivity contribution in [1.29, 1.82) is 0 Å². The molecule has 2 rings (SSSR count). The molecule has 0 spiro atoms. The van der Waals surface area contributed by atoms with Gasteiger partial charge in [0.15, 0.2) is 0 Å². The quantitative estimate of drug-likeness (QED) is 0.868. The van der Waals surface area contributed by atoms with Crippen molar-refractivity contribution in [2.24, 2.45) is 0 Å². The number of hydrogen-bond acceptors (Lipinski definition) is 4. The van der Waals surface area contributed by atoms with E-state index in [1.54, 1.807) is 0 Å². The maximum atomic E-state index is 4.35. The summed E-state index contributed by atoms with van der Waals surface area (Å²) >= 11 is 0. The van der Waals surface area contributed by atoms with Crippen molar-refractivity contribution in [3.05, 3.63) is 54.1 Å². The van der Waals surface area contributed by atoms with Gasteiger partial charge in [-0.1, -0.05) is 6.07 Å². The van der Waals surface area contributed by atoms with Gasteiger partial charge < -0.3 is 10.2 Å². The zero-order chi connectivity index (χ0) is 12.8. The van der Waals surface area contributed by atoms with Crippen molar-refractivity contribution in [1.82, 2.24) is 15.3 Å². The maximum Gasteiger partial charge on any atom is 0.0598 e. The molecule has 0 aromatic carbocycles. The highest BCUT2D eigenvalue weighted by Crippen LogP contribution is 2.19. The monoisotopic (exact) mass is 242 g/mol. The molecule has 2 aromatic rings. The van der Waals surface area contributed by atoms with E-state index in [0.29, 0.717) is 0 Å². The van der Waals surface area contributed by atoms with Crippen LogP contribution in [0.15, 0.2) is 42.9 Å². The van der Waals surface area contributed by atoms with Crippen molar-refractivity contribution in [2.75, 3.05) is 19.0 Å². The molecule has 0 radical (unpaired) electrons. The molecule has 2 heterocycles. The summed E-state index contributed by atoms with van der Waals surface area (Å²) in [6, 6.07) is 8.02. The lowest BCUT2D eigenvalue weighted by Crippen LogP contribution is -2.20. The zero-order valence-corrected chi connectivity index (χ0v) is 10.8. The summed E-state index contributed by atoms with van der Waals surface area (Å²) in [6.45, 7) is 1.61. The Morgan fingerprint density at radius 3 is 2.83 bits per heavy atom. The summed E-state index contributed by atoms with van der Waals surface area (Å²) < 4.78 is 0. The fourth-order valence-corrected chi connectivity index (χ4v) is 1.94. The molecule has 0 unspecified atom stereocenters. The average Bonchev–Trinajstić information content (AvgIpc) is 2.41. The Morgan fingerprint density at radius 2 is 2.11 bits per heavy atom. The Labute approximate surface area is 108 Å². The first-order valence-electron chi connectivity index (χ1n) is 6.00. The SMILES string of the molecule is CNCc1cnccc1N(C)Cc1ccccn1. The third-order valence-corrected chi connectivity index (χ3v) is 2.78. The Morgan fingerprint density at radius 1 is 1.22 bits per heavy atom. The predicted octanol–water partition coefficient (Wildman–Crippen LogP) is 1.83. The minimum Gasteiger partial charge on any atom is -0.368 e. The molecule has 18 heavy (non-hydrogen) atoms. The molecular weight excluding hydrogens is 224 g/mol. The molecule has 94 valence electrons. The van der Waals surface area contributed by atoms with E-state index in [-0.39, 0.29) is 0 Å². The summed E-state index contributed by atoms with van der Waals surface area (Å²) in [5.41, 5.74) is 3.44. The Hall–Kier alpha value is -1.94. The molecule has 2 aromatic heterocycles. The van der Waals surface area contributed by atoms with Crippen LogP contribution in [-0.2, 0) is 13.1 Å². The molecule has 0 saturated carbocycles. The van der Waals surface area contributed by atoms with E-state index in [1.165, 1.54) is 11.3 Å². The summed E-state index contributed by atoms with van der Waals surface area (Å²) in [7, 11) is 4.01. The van der Waals surface area contributed by atoms with Gasteiger partial charge in [-0.15, -0.1) is 0 Å². The van der Waals surface area contributed by atoms with E-state index in [0.717, 1.165) is 18.8 Å². The molecule has 0 saturated heterocycles. The molecule has 0 atom stereocenters. The number of nitrogens with one attached hydrogen (secondary N) is 1. The minimum absolute atomic E-state index is 0.793. The Bertz CT molecular complexity index is 484. The first-order valence-corrected chi connectivity index (χ1v) is 6.00. The Kier molecular flexibility index (Phi) is 4.25. The van der Waals surface area contributed by atoms with Crippen molar-refractivity contribution < 1.29 is 0 Å². The van der Waals surface area contributed by atoms with Gasteiger partial charge in [0.05, 0.1) is 12.2 Å². The lowest BCUT2D eigenvalue weighted by atomic mass is 10.2. The number of rotatable bonds is 5. The summed E-state index contributed by atoms with van der Waals surface area (Å²) in [4.78, 5) is 10.7. The van der Waals surface area contributed by atoms with Crippen molar-refractivity contribution in [2.45, 2.75) is 13.1 Å². The van der Waals surface area contributed by atoms with Crippen molar-refractivity contribution >= 4 is 5.69 Å². The van der Waals surface area contributed by atoms with Crippen LogP contribution in [0, 0.1) is 0 Å². The molecular formula is C14H18N4. The van der Waals surface area contributed by atoms with Crippen LogP contribution in [0.25, 0.3) is 0 Å². The summed E-state index contributed by atoms with van der Waals surface area (Å²) in [5.74, 6) is 0. The molecule has 0 fully saturated rings. The largest absolute Gasteiger partial charge is 0.368 e. The third-order valence-electron chi connectivity index (χ3n) is 2.78. The van der Waals surface area contributed by atoms with Crippen LogP contribution >= 0.6 is 0 Å². The Balaban J connectivity index is 2.16. The summed E-state index contributed by atoms with van der Waals surface area (Å²) in [6.07, 6.45) is 5.55. The van der Waals surface area contributed by atoms with Crippen LogP contribution < -0.4 is 10.2 Å². The van der Waals surface area contributed by atoms with Gasteiger partial charge in [0, 0.05) is 43.4 Å². The van der Waals surface area contributed by atoms with Gasteiger partial charge in [0.25, 0.3) is 0 Å². The second-order valence-corrected chi connectivity index (χ2v) is 4.21. The number of pyridine rings is 2. The first kappa shape index (κ1) is 12.5. The van der Waals surface area contributed by atoms with Crippen molar-refractivity contribution in [3.8, 4) is 0 Å². The minimum atomic E-state index is 0.793. The molecule has 4 heteroatoms.